The Morgan fingerprint density at radius 3 is 2.45 bits per heavy atom. The van der Waals surface area contributed by atoms with E-state index in [1.165, 1.54) is 34.9 Å². The van der Waals surface area contributed by atoms with E-state index < -0.39 is 17.1 Å². The van der Waals surface area contributed by atoms with Gasteiger partial charge < -0.3 is 4.57 Å². The first-order valence-electron chi connectivity index (χ1n) is 9.17. The van der Waals surface area contributed by atoms with Crippen LogP contribution < -0.4 is 11.2 Å². The minimum Gasteiger partial charge on any atom is -0.317 e. The second kappa shape index (κ2) is 7.35. The molecule has 7 heteroatoms. The molecular formula is C22H19FN4O2. The quantitative estimate of drug-likeness (QED) is 0.492. The van der Waals surface area contributed by atoms with Crippen LogP contribution >= 0.6 is 0 Å². The highest BCUT2D eigenvalue weighted by Crippen LogP contribution is 2.22. The van der Waals surface area contributed by atoms with Gasteiger partial charge in [0.25, 0.3) is 5.56 Å². The Labute approximate surface area is 165 Å². The fourth-order valence-corrected chi connectivity index (χ4v) is 3.45. The molecule has 2 heterocycles. The normalized spacial score (nSPS) is 12.2. The van der Waals surface area contributed by atoms with Gasteiger partial charge in [-0.1, -0.05) is 36.4 Å². The van der Waals surface area contributed by atoms with E-state index in [4.69, 9.17) is 0 Å². The minimum absolute atomic E-state index is 0.0553. The largest absolute Gasteiger partial charge is 0.337 e. The second-order valence-corrected chi connectivity index (χ2v) is 6.71. The van der Waals surface area contributed by atoms with E-state index in [1.54, 1.807) is 10.9 Å². The van der Waals surface area contributed by atoms with Gasteiger partial charge in [0.05, 0.1) is 18.1 Å². The summed E-state index contributed by atoms with van der Waals surface area (Å²) in [5, 5.41) is 0. The fourth-order valence-electron chi connectivity index (χ4n) is 3.45. The molecule has 0 aliphatic heterocycles. The molecule has 4 aromatic rings. The van der Waals surface area contributed by atoms with Crippen molar-refractivity contribution in [3.63, 3.8) is 0 Å². The molecule has 2 aromatic carbocycles. The summed E-state index contributed by atoms with van der Waals surface area (Å²) in [6.45, 7) is 5.66. The first-order chi connectivity index (χ1) is 14.0. The van der Waals surface area contributed by atoms with Crippen LogP contribution in [0.25, 0.3) is 16.9 Å². The molecule has 29 heavy (non-hydrogen) atoms. The lowest BCUT2D eigenvalue weighted by atomic mass is 10.1. The van der Waals surface area contributed by atoms with Crippen LogP contribution in [0.4, 0.5) is 4.39 Å². The van der Waals surface area contributed by atoms with Crippen molar-refractivity contribution in [2.75, 3.05) is 0 Å². The molecule has 2 aromatic heterocycles. The number of aromatic nitrogens is 4. The number of rotatable bonds is 5. The third kappa shape index (κ3) is 3.10. The lowest BCUT2D eigenvalue weighted by Crippen LogP contribution is -2.40. The van der Waals surface area contributed by atoms with Gasteiger partial charge in [0.2, 0.25) is 0 Å². The molecule has 1 unspecified atom stereocenters. The third-order valence-corrected chi connectivity index (χ3v) is 4.95. The smallest absolute Gasteiger partial charge is 0.317 e. The highest BCUT2D eigenvalue weighted by atomic mass is 19.1. The number of fused-ring (bicyclic) bond motifs is 1. The molecule has 0 N–H and O–H groups in total. The maximum atomic E-state index is 13.4. The Morgan fingerprint density at radius 1 is 1.10 bits per heavy atom. The molecule has 0 saturated heterocycles. The molecule has 0 radical (unpaired) electrons. The highest BCUT2D eigenvalue weighted by Gasteiger charge is 2.21. The van der Waals surface area contributed by atoms with Crippen LogP contribution in [0.2, 0.25) is 0 Å². The molecule has 0 aliphatic rings. The van der Waals surface area contributed by atoms with Gasteiger partial charge in [-0.25, -0.2) is 18.7 Å². The van der Waals surface area contributed by atoms with Gasteiger partial charge in [-0.05, 0) is 36.8 Å². The van der Waals surface area contributed by atoms with E-state index in [0.29, 0.717) is 11.2 Å². The van der Waals surface area contributed by atoms with Crippen molar-refractivity contribution in [2.45, 2.75) is 19.5 Å². The van der Waals surface area contributed by atoms with Crippen LogP contribution in [0.5, 0.6) is 0 Å². The zero-order valence-corrected chi connectivity index (χ0v) is 15.8. The third-order valence-electron chi connectivity index (χ3n) is 4.95. The summed E-state index contributed by atoms with van der Waals surface area (Å²) >= 11 is 0. The Bertz CT molecular complexity index is 1300. The van der Waals surface area contributed by atoms with Crippen LogP contribution in [-0.2, 0) is 6.54 Å². The van der Waals surface area contributed by atoms with Gasteiger partial charge in [0.15, 0.2) is 11.2 Å². The van der Waals surface area contributed by atoms with E-state index in [0.717, 1.165) is 10.1 Å². The molecule has 1 atom stereocenters. The van der Waals surface area contributed by atoms with Gasteiger partial charge in [0.1, 0.15) is 5.82 Å². The average molecular weight is 390 g/mol. The van der Waals surface area contributed by atoms with Crippen molar-refractivity contribution in [3.8, 4) is 5.69 Å². The van der Waals surface area contributed by atoms with Crippen molar-refractivity contribution < 1.29 is 4.39 Å². The van der Waals surface area contributed by atoms with Crippen LogP contribution in [0.1, 0.15) is 18.5 Å². The van der Waals surface area contributed by atoms with Gasteiger partial charge in [-0.15, -0.1) is 6.58 Å². The van der Waals surface area contributed by atoms with E-state index in [9.17, 15) is 14.0 Å². The Morgan fingerprint density at radius 2 is 1.79 bits per heavy atom. The summed E-state index contributed by atoms with van der Waals surface area (Å²) in [6, 6.07) is 15.0. The van der Waals surface area contributed by atoms with E-state index in [1.807, 2.05) is 37.3 Å². The molecule has 0 bridgehead atoms. The standard InChI is InChI=1S/C22H19FN4O2/c1-3-13-25-21(28)19-20(27(22(25)29)18-11-9-17(23)10-12-18)24-14-26(19)15(2)16-7-5-4-6-8-16/h3-12,14-15H,1,13H2,2H3. The second-order valence-electron chi connectivity index (χ2n) is 6.71. The zero-order chi connectivity index (χ0) is 20.5. The number of halogens is 1. The van der Waals surface area contributed by atoms with Gasteiger partial charge in [-0.2, -0.15) is 0 Å². The fraction of sp³-hybridized carbons (Fsp3) is 0.136. The zero-order valence-electron chi connectivity index (χ0n) is 15.8. The van der Waals surface area contributed by atoms with Crippen LogP contribution in [0.3, 0.4) is 0 Å². The van der Waals surface area contributed by atoms with Crippen molar-refractivity contribution in [3.05, 3.63) is 106 Å². The maximum Gasteiger partial charge on any atom is 0.337 e. The predicted octanol–water partition coefficient (Wildman–Crippen LogP) is 3.28. The van der Waals surface area contributed by atoms with Crippen LogP contribution in [-0.4, -0.2) is 18.7 Å². The summed E-state index contributed by atoms with van der Waals surface area (Å²) in [7, 11) is 0. The number of benzene rings is 2. The SMILES string of the molecule is C=CCn1c(=O)c2c(ncn2C(C)c2ccccc2)n(-c2ccc(F)cc2)c1=O. The van der Waals surface area contributed by atoms with Crippen LogP contribution in [0, 0.1) is 5.82 Å². The number of imidazole rings is 1. The van der Waals surface area contributed by atoms with E-state index >= 15 is 0 Å². The molecule has 0 saturated carbocycles. The maximum absolute atomic E-state index is 13.4. The van der Waals surface area contributed by atoms with E-state index in [2.05, 4.69) is 11.6 Å². The summed E-state index contributed by atoms with van der Waals surface area (Å²) in [4.78, 5) is 30.6. The topological polar surface area (TPSA) is 61.8 Å². The number of hydrogen-bond donors (Lipinski definition) is 0. The summed E-state index contributed by atoms with van der Waals surface area (Å²) < 4.78 is 17.6. The first-order valence-corrected chi connectivity index (χ1v) is 9.17. The minimum atomic E-state index is -0.549. The number of allylic oxidation sites excluding steroid dienone is 1. The molecule has 0 aliphatic carbocycles. The predicted molar refractivity (Wildman–Crippen MR) is 110 cm³/mol. The molecule has 0 spiro atoms. The molecule has 6 nitrogen and oxygen atoms in total. The summed E-state index contributed by atoms with van der Waals surface area (Å²) in [5.41, 5.74) is 0.967. The van der Waals surface area contributed by atoms with Crippen molar-refractivity contribution >= 4 is 11.2 Å². The van der Waals surface area contributed by atoms with Crippen molar-refractivity contribution in [1.82, 2.24) is 18.7 Å². The Hall–Kier alpha value is -3.74. The van der Waals surface area contributed by atoms with Gasteiger partial charge >= 0.3 is 5.69 Å². The summed E-state index contributed by atoms with van der Waals surface area (Å²) in [6.07, 6.45) is 3.05. The van der Waals surface area contributed by atoms with Gasteiger partial charge in [0, 0.05) is 6.54 Å². The number of hydrogen-bond acceptors (Lipinski definition) is 3. The molecule has 0 amide bonds. The van der Waals surface area contributed by atoms with Gasteiger partial charge in [-0.3, -0.25) is 9.36 Å². The lowest BCUT2D eigenvalue weighted by Gasteiger charge is -2.16. The summed E-state index contributed by atoms with van der Waals surface area (Å²) in [5.74, 6) is -0.416. The lowest BCUT2D eigenvalue weighted by molar-refractivity contribution is 0.626. The van der Waals surface area contributed by atoms with Crippen molar-refractivity contribution in [2.24, 2.45) is 0 Å². The molecule has 146 valence electrons. The first kappa shape index (κ1) is 18.6. The van der Waals surface area contributed by atoms with E-state index in [-0.39, 0.29) is 18.2 Å². The molecular weight excluding hydrogens is 371 g/mol. The monoisotopic (exact) mass is 390 g/mol. The number of nitrogens with zero attached hydrogens (tertiary/aromatic N) is 4. The Kier molecular flexibility index (Phi) is 4.72. The highest BCUT2D eigenvalue weighted by molar-refractivity contribution is 5.72. The molecule has 0 fully saturated rings. The van der Waals surface area contributed by atoms with Crippen molar-refractivity contribution in [1.29, 1.82) is 0 Å². The van der Waals surface area contributed by atoms with Crippen LogP contribution in [0.15, 0.2) is 83.2 Å². The Balaban J connectivity index is 2.05. The molecule has 4 rings (SSSR count). The average Bonchev–Trinajstić information content (AvgIpc) is 3.17.